The number of aromatic nitrogens is 4. The minimum Gasteiger partial charge on any atom is -0.348 e. The fourth-order valence-electron chi connectivity index (χ4n) is 2.17. The maximum absolute atomic E-state index is 4.39. The highest BCUT2D eigenvalue weighted by atomic mass is 32.2. The van der Waals surface area contributed by atoms with Crippen LogP contribution in [0.5, 0.6) is 0 Å². The van der Waals surface area contributed by atoms with E-state index in [0.717, 1.165) is 35.1 Å². The van der Waals surface area contributed by atoms with Gasteiger partial charge >= 0.3 is 0 Å². The largest absolute Gasteiger partial charge is 0.348 e. The van der Waals surface area contributed by atoms with E-state index in [9.17, 15) is 0 Å². The van der Waals surface area contributed by atoms with Crippen LogP contribution in [0.2, 0.25) is 0 Å². The molecule has 0 fully saturated rings. The molecule has 1 atom stereocenters. The monoisotopic (exact) mass is 261 g/mol. The Morgan fingerprint density at radius 2 is 2.17 bits per heavy atom. The van der Waals surface area contributed by atoms with E-state index in [4.69, 9.17) is 0 Å². The molecule has 2 aromatic rings. The van der Waals surface area contributed by atoms with Crippen molar-refractivity contribution in [3.63, 3.8) is 0 Å². The van der Waals surface area contributed by atoms with Gasteiger partial charge in [-0.3, -0.25) is 0 Å². The molecule has 6 heteroatoms. The molecule has 0 aliphatic carbocycles. The van der Waals surface area contributed by atoms with E-state index >= 15 is 0 Å². The maximum Gasteiger partial charge on any atom is 0.187 e. The fourth-order valence-corrected chi connectivity index (χ4v) is 2.69. The topological polar surface area (TPSA) is 66.5 Å². The van der Waals surface area contributed by atoms with Crippen molar-refractivity contribution >= 4 is 11.8 Å². The molecular weight excluding hydrogens is 246 g/mol. The Hall–Kier alpha value is -1.40. The highest BCUT2D eigenvalue weighted by molar-refractivity contribution is 7.99. The molecule has 0 radical (unpaired) electrons. The number of hydrogen-bond acceptors (Lipinski definition) is 5. The second kappa shape index (κ2) is 5.07. The third-order valence-corrected chi connectivity index (χ3v) is 3.76. The number of fused-ring (bicyclic) bond motifs is 1. The molecule has 2 aromatic heterocycles. The van der Waals surface area contributed by atoms with Crippen molar-refractivity contribution < 1.29 is 0 Å². The van der Waals surface area contributed by atoms with E-state index in [2.05, 4.69) is 32.2 Å². The van der Waals surface area contributed by atoms with Crippen molar-refractivity contribution in [2.75, 3.05) is 12.3 Å². The molecule has 94 valence electrons. The molecule has 5 nitrogen and oxygen atoms in total. The minimum absolute atomic E-state index is 0.112. The number of imidazole rings is 1. The van der Waals surface area contributed by atoms with Crippen LogP contribution in [0.25, 0.3) is 0 Å². The van der Waals surface area contributed by atoms with Crippen LogP contribution in [0.3, 0.4) is 0 Å². The van der Waals surface area contributed by atoms with Crippen molar-refractivity contribution in [1.82, 2.24) is 25.3 Å². The molecular formula is C12H15N5S. The second-order valence-corrected chi connectivity index (χ2v) is 5.37. The molecule has 3 rings (SSSR count). The third-order valence-electron chi connectivity index (χ3n) is 3.00. The zero-order valence-corrected chi connectivity index (χ0v) is 11.0. The van der Waals surface area contributed by atoms with E-state index in [0.29, 0.717) is 0 Å². The van der Waals surface area contributed by atoms with Crippen LogP contribution < -0.4 is 5.32 Å². The molecule has 0 amide bonds. The van der Waals surface area contributed by atoms with Crippen molar-refractivity contribution in [2.24, 2.45) is 0 Å². The molecule has 1 aliphatic rings. The fraction of sp³-hybridized carbons (Fsp3) is 0.417. The van der Waals surface area contributed by atoms with Gasteiger partial charge < -0.3 is 10.3 Å². The number of nitrogens with zero attached hydrogens (tertiary/aromatic N) is 3. The van der Waals surface area contributed by atoms with Crippen LogP contribution in [0.1, 0.15) is 29.9 Å². The molecule has 18 heavy (non-hydrogen) atoms. The van der Waals surface area contributed by atoms with Crippen LogP contribution in [0, 0.1) is 0 Å². The van der Waals surface area contributed by atoms with E-state index in [1.54, 1.807) is 18.1 Å². The maximum atomic E-state index is 4.39. The third kappa shape index (κ3) is 2.13. The lowest BCUT2D eigenvalue weighted by molar-refractivity contribution is 0.549. The number of nitrogens with one attached hydrogen (secondary N) is 2. The zero-order valence-electron chi connectivity index (χ0n) is 10.2. The summed E-state index contributed by atoms with van der Waals surface area (Å²) in [5.74, 6) is 0.991. The predicted molar refractivity (Wildman–Crippen MR) is 70.6 cm³/mol. The van der Waals surface area contributed by atoms with E-state index in [-0.39, 0.29) is 6.04 Å². The van der Waals surface area contributed by atoms with Crippen molar-refractivity contribution in [1.29, 1.82) is 0 Å². The lowest BCUT2D eigenvalue weighted by Gasteiger charge is -2.22. The summed E-state index contributed by atoms with van der Waals surface area (Å²) in [6.07, 6.45) is 6.54. The second-order valence-electron chi connectivity index (χ2n) is 4.14. The van der Waals surface area contributed by atoms with Crippen molar-refractivity contribution in [2.45, 2.75) is 24.5 Å². The average molecular weight is 261 g/mol. The van der Waals surface area contributed by atoms with Gasteiger partial charge in [-0.05, 0) is 5.75 Å². The Morgan fingerprint density at radius 3 is 2.94 bits per heavy atom. The van der Waals surface area contributed by atoms with Gasteiger partial charge in [0, 0.05) is 36.6 Å². The summed E-state index contributed by atoms with van der Waals surface area (Å²) in [6, 6.07) is 0.112. The zero-order chi connectivity index (χ0) is 12.4. The van der Waals surface area contributed by atoms with Gasteiger partial charge in [-0.25, -0.2) is 15.0 Å². The first-order chi connectivity index (χ1) is 8.88. The van der Waals surface area contributed by atoms with Crippen LogP contribution >= 0.6 is 11.8 Å². The Balaban J connectivity index is 1.88. The Kier molecular flexibility index (Phi) is 3.29. The van der Waals surface area contributed by atoms with Crippen molar-refractivity contribution in [3.8, 4) is 0 Å². The van der Waals surface area contributed by atoms with Gasteiger partial charge in [0.25, 0.3) is 0 Å². The summed E-state index contributed by atoms with van der Waals surface area (Å²) in [5.41, 5.74) is 3.36. The summed E-state index contributed by atoms with van der Waals surface area (Å²) in [6.45, 7) is 3.05. The minimum atomic E-state index is 0.112. The van der Waals surface area contributed by atoms with Crippen LogP contribution in [0.15, 0.2) is 23.9 Å². The van der Waals surface area contributed by atoms with E-state index < -0.39 is 0 Å². The van der Waals surface area contributed by atoms with Crippen LogP contribution in [0.4, 0.5) is 0 Å². The molecule has 0 aromatic carbocycles. The summed E-state index contributed by atoms with van der Waals surface area (Å²) >= 11 is 1.65. The molecule has 0 saturated carbocycles. The van der Waals surface area contributed by atoms with Gasteiger partial charge in [0.05, 0.1) is 18.1 Å². The molecule has 0 spiro atoms. The van der Waals surface area contributed by atoms with Gasteiger partial charge in [0.2, 0.25) is 0 Å². The first-order valence-electron chi connectivity index (χ1n) is 6.08. The van der Waals surface area contributed by atoms with Gasteiger partial charge in [-0.15, -0.1) is 0 Å². The number of aromatic amines is 1. The van der Waals surface area contributed by atoms with E-state index in [1.165, 1.54) is 5.69 Å². The number of H-pyrrole nitrogens is 1. The summed E-state index contributed by atoms with van der Waals surface area (Å²) in [7, 11) is 0. The molecule has 0 unspecified atom stereocenters. The normalized spacial score (nSPS) is 18.6. The van der Waals surface area contributed by atoms with Gasteiger partial charge in [0.15, 0.2) is 5.16 Å². The van der Waals surface area contributed by atoms with Crippen molar-refractivity contribution in [3.05, 3.63) is 35.7 Å². The van der Waals surface area contributed by atoms with Crippen LogP contribution in [-0.4, -0.2) is 32.2 Å². The molecule has 1 aliphatic heterocycles. The first-order valence-corrected chi connectivity index (χ1v) is 7.07. The average Bonchev–Trinajstić information content (AvgIpc) is 2.88. The van der Waals surface area contributed by atoms with Gasteiger partial charge in [-0.1, -0.05) is 18.7 Å². The number of rotatable bonds is 3. The van der Waals surface area contributed by atoms with Gasteiger partial charge in [-0.2, -0.15) is 0 Å². The standard InChI is InChI=1S/C12H15N5S/c1-2-18-12-14-5-8(6-15-12)10-11-9(3-4-13-10)16-7-17-11/h5-7,10,13H,2-4H2,1H3,(H,16,17)/t10-/m0/s1. The van der Waals surface area contributed by atoms with Gasteiger partial charge in [0.1, 0.15) is 0 Å². The Morgan fingerprint density at radius 1 is 1.33 bits per heavy atom. The first kappa shape index (κ1) is 11.7. The van der Waals surface area contributed by atoms with E-state index in [1.807, 2.05) is 12.4 Å². The van der Waals surface area contributed by atoms with Crippen LogP contribution in [-0.2, 0) is 6.42 Å². The molecule has 3 heterocycles. The summed E-state index contributed by atoms with van der Waals surface area (Å²) in [4.78, 5) is 16.3. The molecule has 2 N–H and O–H groups in total. The quantitative estimate of drug-likeness (QED) is 0.648. The highest BCUT2D eigenvalue weighted by Crippen LogP contribution is 2.25. The lowest BCUT2D eigenvalue weighted by atomic mass is 10.0. The SMILES string of the molecule is CCSc1ncc([C@@H]2NCCc3[nH]cnc32)cn1. The highest BCUT2D eigenvalue weighted by Gasteiger charge is 2.24. The molecule has 0 saturated heterocycles. The Bertz CT molecular complexity index is 522. The smallest absolute Gasteiger partial charge is 0.187 e. The molecule has 0 bridgehead atoms. The summed E-state index contributed by atoms with van der Waals surface area (Å²) in [5, 5.41) is 4.29. The number of hydrogen-bond donors (Lipinski definition) is 2. The number of thioether (sulfide) groups is 1. The lowest BCUT2D eigenvalue weighted by Crippen LogP contribution is -2.30. The predicted octanol–water partition coefficient (Wildman–Crippen LogP) is 1.55. The Labute approximate surface area is 110 Å². The summed E-state index contributed by atoms with van der Waals surface area (Å²) < 4.78 is 0.